The van der Waals surface area contributed by atoms with Gasteiger partial charge in [0.15, 0.2) is 0 Å². The Kier molecular flexibility index (Phi) is 6.40. The molecule has 1 aliphatic heterocycles. The van der Waals surface area contributed by atoms with Crippen LogP contribution in [0, 0.1) is 5.82 Å². The molecule has 0 aliphatic carbocycles. The molecule has 3 rings (SSSR count). The van der Waals surface area contributed by atoms with Gasteiger partial charge in [0, 0.05) is 24.2 Å². The Hall–Kier alpha value is -2.47. The van der Waals surface area contributed by atoms with Crippen LogP contribution in [0.15, 0.2) is 60.3 Å². The first-order valence-electron chi connectivity index (χ1n) is 8.88. The number of carbonyl (C=O) groups is 2. The molecule has 0 unspecified atom stereocenters. The van der Waals surface area contributed by atoms with E-state index in [2.05, 4.69) is 21.2 Å². The lowest BCUT2D eigenvalue weighted by atomic mass is 10.1. The van der Waals surface area contributed by atoms with Crippen molar-refractivity contribution in [3.8, 4) is 0 Å². The smallest absolute Gasteiger partial charge is 0.271 e. The molecule has 0 spiro atoms. The van der Waals surface area contributed by atoms with Gasteiger partial charge in [0.2, 0.25) is 0 Å². The molecule has 0 aromatic heterocycles. The van der Waals surface area contributed by atoms with Crippen molar-refractivity contribution < 1.29 is 14.0 Å². The zero-order chi connectivity index (χ0) is 19.2. The third-order valence-corrected chi connectivity index (χ3v) is 5.29. The van der Waals surface area contributed by atoms with Crippen molar-refractivity contribution in [3.63, 3.8) is 0 Å². The van der Waals surface area contributed by atoms with Crippen molar-refractivity contribution in [1.29, 1.82) is 0 Å². The van der Waals surface area contributed by atoms with Crippen LogP contribution in [0.1, 0.15) is 35.2 Å². The van der Waals surface area contributed by atoms with Crippen LogP contribution < -0.4 is 5.32 Å². The summed E-state index contributed by atoms with van der Waals surface area (Å²) in [6.45, 7) is 1.25. The number of hydrogen-bond acceptors (Lipinski definition) is 2. The van der Waals surface area contributed by atoms with Crippen molar-refractivity contribution in [2.45, 2.75) is 19.3 Å². The quantitative estimate of drug-likeness (QED) is 0.733. The topological polar surface area (TPSA) is 49.4 Å². The van der Waals surface area contributed by atoms with E-state index in [1.165, 1.54) is 6.07 Å². The third-order valence-electron chi connectivity index (χ3n) is 4.46. The number of amides is 2. The normalized spacial score (nSPS) is 15.1. The molecule has 2 amide bonds. The molecule has 1 fully saturated rings. The Morgan fingerprint density at radius 1 is 0.926 bits per heavy atom. The molecule has 0 bridgehead atoms. The van der Waals surface area contributed by atoms with E-state index in [0.717, 1.165) is 19.3 Å². The standard InChI is InChI=1S/C21H20BrFN2O2/c22-18(16-11-5-6-12-17(16)23)19(21(27)25-13-7-2-8-14-25)24-20(26)15-9-3-1-4-10-15/h1,3-6,9-12H,2,7-8,13-14H2,(H,24,26)/b19-18-. The first kappa shape index (κ1) is 19.3. The maximum atomic E-state index is 14.3. The second kappa shape index (κ2) is 8.95. The molecular weight excluding hydrogens is 411 g/mol. The number of carbonyl (C=O) groups excluding carboxylic acids is 2. The monoisotopic (exact) mass is 430 g/mol. The van der Waals surface area contributed by atoms with Gasteiger partial charge in [0.1, 0.15) is 11.5 Å². The van der Waals surface area contributed by atoms with Gasteiger partial charge in [0.25, 0.3) is 11.8 Å². The van der Waals surface area contributed by atoms with Gasteiger partial charge < -0.3 is 10.2 Å². The minimum atomic E-state index is -0.470. The molecule has 0 atom stereocenters. The minimum absolute atomic E-state index is 0.0517. The van der Waals surface area contributed by atoms with Gasteiger partial charge >= 0.3 is 0 Å². The molecule has 1 aliphatic rings. The summed E-state index contributed by atoms with van der Waals surface area (Å²) >= 11 is 3.35. The van der Waals surface area contributed by atoms with Crippen LogP contribution in [0.3, 0.4) is 0 Å². The molecule has 6 heteroatoms. The second-order valence-corrected chi connectivity index (χ2v) is 7.13. The number of hydrogen-bond donors (Lipinski definition) is 1. The summed E-state index contributed by atoms with van der Waals surface area (Å²) in [7, 11) is 0. The van der Waals surface area contributed by atoms with Gasteiger partial charge in [-0.05, 0) is 53.4 Å². The summed E-state index contributed by atoms with van der Waals surface area (Å²) < 4.78 is 14.5. The van der Waals surface area contributed by atoms with E-state index >= 15 is 0 Å². The zero-order valence-electron chi connectivity index (χ0n) is 14.8. The maximum Gasteiger partial charge on any atom is 0.271 e. The van der Waals surface area contributed by atoms with Crippen molar-refractivity contribution in [2.24, 2.45) is 0 Å². The first-order valence-corrected chi connectivity index (χ1v) is 9.67. The highest BCUT2D eigenvalue weighted by atomic mass is 79.9. The third kappa shape index (κ3) is 4.63. The van der Waals surface area contributed by atoms with Gasteiger partial charge in [0.05, 0.1) is 4.48 Å². The van der Waals surface area contributed by atoms with Crippen molar-refractivity contribution in [3.05, 3.63) is 77.2 Å². The molecule has 140 valence electrons. The van der Waals surface area contributed by atoms with Crippen molar-refractivity contribution in [1.82, 2.24) is 10.2 Å². The van der Waals surface area contributed by atoms with Gasteiger partial charge in [-0.1, -0.05) is 36.4 Å². The SMILES string of the molecule is O=C(N/C(C(=O)N1CCCCC1)=C(\Br)c1ccccc1F)c1ccccc1. The molecule has 2 aromatic rings. The Labute approximate surface area is 166 Å². The highest BCUT2D eigenvalue weighted by Gasteiger charge is 2.26. The van der Waals surface area contributed by atoms with Crippen LogP contribution in [-0.4, -0.2) is 29.8 Å². The van der Waals surface area contributed by atoms with E-state index in [1.807, 2.05) is 6.07 Å². The Balaban J connectivity index is 1.98. The van der Waals surface area contributed by atoms with E-state index in [4.69, 9.17) is 0 Å². The fraction of sp³-hybridized carbons (Fsp3) is 0.238. The lowest BCUT2D eigenvalue weighted by Gasteiger charge is -2.28. The van der Waals surface area contributed by atoms with Crippen LogP contribution in [0.4, 0.5) is 4.39 Å². The Bertz CT molecular complexity index is 861. The van der Waals surface area contributed by atoms with Crippen LogP contribution in [-0.2, 0) is 4.79 Å². The van der Waals surface area contributed by atoms with Crippen LogP contribution in [0.2, 0.25) is 0 Å². The summed E-state index contributed by atoms with van der Waals surface area (Å²) in [5.74, 6) is -1.19. The molecule has 4 nitrogen and oxygen atoms in total. The number of likely N-dealkylation sites (tertiary alicyclic amines) is 1. The average molecular weight is 431 g/mol. The highest BCUT2D eigenvalue weighted by molar-refractivity contribution is 9.15. The number of nitrogens with zero attached hydrogens (tertiary/aromatic N) is 1. The minimum Gasteiger partial charge on any atom is -0.337 e. The molecule has 1 N–H and O–H groups in total. The fourth-order valence-electron chi connectivity index (χ4n) is 3.01. The molecule has 27 heavy (non-hydrogen) atoms. The van der Waals surface area contributed by atoms with Gasteiger partial charge in [-0.25, -0.2) is 4.39 Å². The molecular formula is C21H20BrFN2O2. The summed E-state index contributed by atoms with van der Waals surface area (Å²) in [6, 6.07) is 14.8. The second-order valence-electron chi connectivity index (χ2n) is 6.34. The lowest BCUT2D eigenvalue weighted by Crippen LogP contribution is -2.41. The van der Waals surface area contributed by atoms with E-state index in [-0.39, 0.29) is 21.7 Å². The van der Waals surface area contributed by atoms with Crippen molar-refractivity contribution >= 4 is 32.2 Å². The number of benzene rings is 2. The summed E-state index contributed by atoms with van der Waals surface area (Å²) in [5.41, 5.74) is 0.706. The maximum absolute atomic E-state index is 14.3. The predicted molar refractivity (Wildman–Crippen MR) is 107 cm³/mol. The number of nitrogens with one attached hydrogen (secondary N) is 1. The number of rotatable bonds is 4. The number of halogens is 2. The molecule has 0 radical (unpaired) electrons. The molecule has 1 saturated heterocycles. The van der Waals surface area contributed by atoms with Gasteiger partial charge in [-0.15, -0.1) is 0 Å². The molecule has 0 saturated carbocycles. The van der Waals surface area contributed by atoms with Gasteiger partial charge in [-0.3, -0.25) is 9.59 Å². The summed E-state index contributed by atoms with van der Waals surface area (Å²) in [5, 5.41) is 2.69. The predicted octanol–water partition coefficient (Wildman–Crippen LogP) is 4.33. The van der Waals surface area contributed by atoms with Crippen LogP contribution in [0.5, 0.6) is 0 Å². The Morgan fingerprint density at radius 3 is 2.22 bits per heavy atom. The van der Waals surface area contributed by atoms with Gasteiger partial charge in [-0.2, -0.15) is 0 Å². The Morgan fingerprint density at radius 2 is 1.56 bits per heavy atom. The van der Waals surface area contributed by atoms with E-state index in [0.29, 0.717) is 18.7 Å². The number of piperidine rings is 1. The van der Waals surface area contributed by atoms with Crippen LogP contribution in [0.25, 0.3) is 4.48 Å². The summed E-state index contributed by atoms with van der Waals surface area (Å²) in [6.07, 6.45) is 2.92. The van der Waals surface area contributed by atoms with Crippen molar-refractivity contribution in [2.75, 3.05) is 13.1 Å². The molecule has 1 heterocycles. The molecule has 2 aromatic carbocycles. The highest BCUT2D eigenvalue weighted by Crippen LogP contribution is 2.28. The summed E-state index contributed by atoms with van der Waals surface area (Å²) in [4.78, 5) is 27.4. The fourth-order valence-corrected chi connectivity index (χ4v) is 3.60. The average Bonchev–Trinajstić information content (AvgIpc) is 2.72. The van der Waals surface area contributed by atoms with Crippen LogP contribution >= 0.6 is 15.9 Å². The zero-order valence-corrected chi connectivity index (χ0v) is 16.3. The largest absolute Gasteiger partial charge is 0.337 e. The van der Waals surface area contributed by atoms with E-state index in [9.17, 15) is 14.0 Å². The van der Waals surface area contributed by atoms with E-state index in [1.54, 1.807) is 47.4 Å². The van der Waals surface area contributed by atoms with E-state index < -0.39 is 11.7 Å². The first-order chi connectivity index (χ1) is 13.1. The lowest BCUT2D eigenvalue weighted by molar-refractivity contribution is -0.128.